The summed E-state index contributed by atoms with van der Waals surface area (Å²) in [5, 5.41) is 6.29. The van der Waals surface area contributed by atoms with Crippen LogP contribution in [0.1, 0.15) is 311 Å². The van der Waals surface area contributed by atoms with Crippen molar-refractivity contribution in [3.63, 3.8) is 0 Å². The van der Waals surface area contributed by atoms with Gasteiger partial charge < -0.3 is 72.7 Å². The third-order valence-corrected chi connectivity index (χ3v) is 18.1. The molecule has 17 nitrogen and oxygen atoms in total. The largest absolute Gasteiger partial charge is 1.00 e. The van der Waals surface area contributed by atoms with Gasteiger partial charge in [-0.05, 0) is 201 Å². The van der Waals surface area contributed by atoms with E-state index < -0.39 is 33.2 Å². The number of benzene rings is 5. The summed E-state index contributed by atoms with van der Waals surface area (Å²) in [6.45, 7) is 75.8. The minimum atomic E-state index is -1.17. The number of likely N-dealkylation sites (tertiary alicyclic amines) is 1. The molecule has 1 aliphatic heterocycles. The summed E-state index contributed by atoms with van der Waals surface area (Å²) in [4.78, 5) is 10.4. The fourth-order valence-electron chi connectivity index (χ4n) is 8.40. The molecule has 6 aromatic rings. The average molecular weight is 2410 g/mol. The third-order valence-electron chi connectivity index (χ3n) is 14.7. The fourth-order valence-corrected chi connectivity index (χ4v) is 10.1. The van der Waals surface area contributed by atoms with Crippen molar-refractivity contribution in [1.29, 1.82) is 0 Å². The Hall–Kier alpha value is -2.37. The minimum Gasteiger partial charge on any atom is -1.00 e. The van der Waals surface area contributed by atoms with Crippen LogP contribution >= 0.6 is 11.8 Å². The van der Waals surface area contributed by atoms with E-state index in [2.05, 4.69) is 316 Å². The second kappa shape index (κ2) is 195. The van der Waals surface area contributed by atoms with Crippen molar-refractivity contribution in [2.45, 2.75) is 322 Å². The number of nitrogens with one attached hydrogen (secondary N) is 2. The van der Waals surface area contributed by atoms with E-state index in [1.165, 1.54) is 169 Å². The van der Waals surface area contributed by atoms with Gasteiger partial charge in [0.05, 0.1) is 73.0 Å². The van der Waals surface area contributed by atoms with Gasteiger partial charge in [0, 0.05) is 136 Å². The van der Waals surface area contributed by atoms with Crippen LogP contribution in [0.4, 0.5) is 0 Å². The Balaban J connectivity index is -0.0000000394. The number of halogens is 3. The van der Waals surface area contributed by atoms with Gasteiger partial charge in [0.25, 0.3) is 0 Å². The van der Waals surface area contributed by atoms with E-state index in [1.807, 2.05) is 231 Å². The van der Waals surface area contributed by atoms with Crippen molar-refractivity contribution in [3.05, 3.63) is 224 Å². The molecule has 2 N–H and O–H groups in total. The van der Waals surface area contributed by atoms with Gasteiger partial charge in [-0.25, -0.2) is 17.2 Å². The minimum absolute atomic E-state index is 0. The van der Waals surface area contributed by atoms with E-state index >= 15 is 0 Å². The first-order chi connectivity index (χ1) is 65.4. The summed E-state index contributed by atoms with van der Waals surface area (Å²) >= 11 is -1.91. The number of rotatable bonds is 22. The van der Waals surface area contributed by atoms with E-state index in [0.29, 0.717) is 17.5 Å². The molecule has 0 spiro atoms. The van der Waals surface area contributed by atoms with Gasteiger partial charge in [0.15, 0.2) is 45.6 Å². The monoisotopic (exact) mass is 2400 g/mol. The number of aryl methyl sites for hydroxylation is 6. The number of aromatic nitrogens is 1. The molecule has 0 aliphatic carbocycles. The van der Waals surface area contributed by atoms with Crippen LogP contribution in [0.25, 0.3) is 0 Å². The standard InChI is InChI=1S/C10H22N.2C9H12.2C8H10.C7H8N2S.C7H10N.C7H8.C6H16N.C5H13NO2S.C4H11NO2S.C4H11S.C3H9NO2S.2C3H9N.C3H8N.2C3H8.6C2H6.C2H5.5CH4.3ClH.2Y/c1-4-11(5-2)8-6-10(3)7-9-11;2*1-2-6-9-7-4-3-5-8-9;2*1-2-8-6-4-3-5-7-8;1-4-8-7(9-5-2)10-6-3;1-2-8-6-4-3-5-7-8;1-7-5-3-2-4-6-7;1-5-6-7(2,3)4;1-6(2)4-5-8-9(3)7;1-4-5(2)7-8(3)6;1-4-5(2)3;1-4(2)6-7(3)5;3*1-4(2)3;2*1-3-2;7*1-2;;;;;;;;;;/h10H,4-9H2,1-3H3;2*3-5,7-8H,2,6H2,1H3;2*3-7H,2H2,1H3;1-2H,6H2,3H3,(H,8,9);3-7H,2H2,1H3;2-6H,1H3;5-6H2,1-4H3;4-5H2,1-3H3;4H2,1-3H3;4H2,1-3H3;1-3H3;2*1-3H3;1H2,2-3H3;2*3H2,1-2H3;6*1-2H3;1H2,2H3;5*1H4;3*1H;;/q+1;;;;;;+1;;+1;;;+1;;;;-1;;;;;;;;;-1;;;;;;;;;;/p-2. The number of pyridine rings is 1. The second-order valence-corrected chi connectivity index (χ2v) is 37.9. The predicted molar refractivity (Wildman–Crippen MR) is 677 cm³/mol. The Morgan fingerprint density at radius 2 is 0.777 bits per heavy atom. The quantitative estimate of drug-likeness (QED) is 0.00770. The first-order valence-electron chi connectivity index (χ1n) is 51.1. The van der Waals surface area contributed by atoms with Crippen molar-refractivity contribution >= 4 is 61.1 Å². The number of hydroxylamine groups is 4. The molecular formula is C121H256Cl3N11O6S5Y2. The maximum Gasteiger partial charge on any atom is 0.330 e. The summed E-state index contributed by atoms with van der Waals surface area (Å²) in [6.07, 6.45) is 36.9. The Kier molecular flexibility index (Phi) is 290. The number of hydrogen-bond acceptors (Lipinski definition) is 13. The topological polar surface area (TPSA) is 128 Å². The number of thioether (sulfide) groups is 1. The molecule has 1 aliphatic rings. The number of piperidine rings is 1. The molecule has 0 amide bonds. The SMILES string of the molecule is C.C.C.C.C.C#CNC(=[NH+]C#C)SCC.CC.CC.CC.CC.CC.CC.CCC.CCC.CCC[N+](C)(C)C.CCCc1ccccc1.CCCc1ccccc1.CCN(C)OS(C)=O.CC[N+]1(CC)CCC(C)CC1.CC[S+](C)C.CC[n+]1ccccc1.CCc1ccccc1.CCc1ccccc1.CN(C)C.CN(C)C.CN(C)CCOS(C)=O.CN(C)OS(C)=O.Cc1ccccc1.[CH2-]C.[CH2-]N(C)C.[Cl-].[Cl-].[Cl-].[Y].[Y]. The van der Waals surface area contributed by atoms with E-state index in [-0.39, 0.29) is 140 Å². The summed E-state index contributed by atoms with van der Waals surface area (Å²) in [6, 6.07) is 62.9. The maximum absolute atomic E-state index is 10.3. The van der Waals surface area contributed by atoms with Crippen LogP contribution in [0.3, 0.4) is 0 Å². The fraction of sp³-hybridized carbons (Fsp3) is 0.653. The Bertz CT molecular complexity index is 3060. The van der Waals surface area contributed by atoms with E-state index in [9.17, 15) is 12.6 Å². The molecule has 148 heavy (non-hydrogen) atoms. The van der Waals surface area contributed by atoms with Gasteiger partial charge in [0.2, 0.25) is 0 Å². The summed E-state index contributed by atoms with van der Waals surface area (Å²) < 4.78 is 49.3. The molecule has 3 unspecified atom stereocenters. The van der Waals surface area contributed by atoms with Gasteiger partial charge in [-0.1, -0.05) is 405 Å². The first-order valence-corrected chi connectivity index (χ1v) is 58.7. The Morgan fingerprint density at radius 1 is 0.500 bits per heavy atom. The number of likely N-dealkylation sites (N-methyl/N-ethyl adjacent to an activating group) is 1. The average Bonchev–Trinajstić information content (AvgIpc) is 0.851. The Morgan fingerprint density at radius 3 is 0.926 bits per heavy atom. The zero-order valence-electron chi connectivity index (χ0n) is 103. The smallest absolute Gasteiger partial charge is 0.330 e. The zero-order chi connectivity index (χ0) is 112. The van der Waals surface area contributed by atoms with Gasteiger partial charge in [-0.3, -0.25) is 11.2 Å². The van der Waals surface area contributed by atoms with Crippen LogP contribution in [0.2, 0.25) is 0 Å². The maximum atomic E-state index is 10.3. The summed E-state index contributed by atoms with van der Waals surface area (Å²) in [5.41, 5.74) is 7.03. The molecular weight excluding hydrogens is 2150 g/mol. The number of terminal acetylenes is 2. The molecule has 2 radical (unpaired) electrons. The van der Waals surface area contributed by atoms with Gasteiger partial charge in [-0.15, -0.1) is 0 Å². The van der Waals surface area contributed by atoms with Gasteiger partial charge in [-0.2, -0.15) is 35.9 Å². The zero-order valence-corrected chi connectivity index (χ0v) is 115. The molecule has 0 bridgehead atoms. The van der Waals surface area contributed by atoms with E-state index in [4.69, 9.17) is 21.3 Å². The van der Waals surface area contributed by atoms with Crippen LogP contribution in [0.15, 0.2) is 182 Å². The molecule has 7 rings (SSSR count). The van der Waals surface area contributed by atoms with Crippen LogP contribution in [-0.2, 0) is 155 Å². The molecule has 27 heteroatoms. The van der Waals surface area contributed by atoms with Crippen molar-refractivity contribution in [2.75, 3.05) is 208 Å². The number of quaternary nitrogens is 2. The molecule has 1 fully saturated rings. The molecule has 0 saturated carbocycles. The third kappa shape index (κ3) is 257. The number of nitrogens with zero attached hydrogens (tertiary/aromatic N) is 9. The van der Waals surface area contributed by atoms with Crippen molar-refractivity contribution in [1.82, 2.24) is 35.0 Å². The number of amidine groups is 1. The number of hydrogen-bond donors (Lipinski definition) is 2. The molecule has 888 valence electrons. The normalized spacial score (nSPS) is 10.1. The summed E-state index contributed by atoms with van der Waals surface area (Å²) in [7, 11) is 35.6. The summed E-state index contributed by atoms with van der Waals surface area (Å²) in [5.74, 6) is 3.25. The molecule has 3 atom stereocenters. The van der Waals surface area contributed by atoms with Gasteiger partial charge in [0.1, 0.15) is 24.4 Å². The van der Waals surface area contributed by atoms with Gasteiger partial charge >= 0.3 is 5.17 Å². The Labute approximate surface area is 1020 Å². The van der Waals surface area contributed by atoms with Crippen molar-refractivity contribution in [3.8, 4) is 24.9 Å². The van der Waals surface area contributed by atoms with Crippen LogP contribution in [0, 0.1) is 51.7 Å². The molecule has 1 saturated heterocycles. The van der Waals surface area contributed by atoms with Crippen LogP contribution in [0.5, 0.6) is 0 Å². The van der Waals surface area contributed by atoms with Crippen LogP contribution in [-0.4, -0.2) is 264 Å². The van der Waals surface area contributed by atoms with Crippen molar-refractivity contribution < 1.29 is 147 Å². The molecule has 2 heterocycles. The predicted octanol–water partition coefficient (Wildman–Crippen LogP) is 20.5. The van der Waals surface area contributed by atoms with E-state index in [0.717, 1.165) is 53.8 Å². The van der Waals surface area contributed by atoms with Crippen LogP contribution < -0.4 is 52.1 Å². The first kappa shape index (κ1) is 220. The van der Waals surface area contributed by atoms with E-state index in [1.54, 1.807) is 33.0 Å². The molecule has 1 aromatic heterocycles. The second-order valence-electron chi connectivity index (χ2n) is 31.1. The van der Waals surface area contributed by atoms with Crippen molar-refractivity contribution in [2.24, 2.45) is 5.92 Å². The molecule has 5 aromatic carbocycles.